The van der Waals surface area contributed by atoms with E-state index in [2.05, 4.69) is 18.2 Å². The molecular weight excluding hydrogens is 274 g/mol. The zero-order valence-electron chi connectivity index (χ0n) is 11.1. The van der Waals surface area contributed by atoms with Gasteiger partial charge < -0.3 is 27.6 Å². The molecule has 0 spiro atoms. The molecule has 0 saturated carbocycles. The Morgan fingerprint density at radius 3 is 2.30 bits per heavy atom. The molecule has 2 aromatic carbocycles. The van der Waals surface area contributed by atoms with Crippen molar-refractivity contribution in [1.82, 2.24) is 0 Å². The lowest BCUT2D eigenvalue weighted by atomic mass is 9.91. The van der Waals surface area contributed by atoms with Crippen molar-refractivity contribution in [2.45, 2.75) is 5.92 Å². The molecule has 1 aliphatic rings. The van der Waals surface area contributed by atoms with Crippen LogP contribution in [0, 0.1) is 0 Å². The highest BCUT2D eigenvalue weighted by atomic mass is 35.5. The summed E-state index contributed by atoms with van der Waals surface area (Å²) in [4.78, 5) is 0. The molecule has 1 aliphatic heterocycles. The fourth-order valence-electron chi connectivity index (χ4n) is 2.43. The second-order valence-corrected chi connectivity index (χ2v) is 4.60. The summed E-state index contributed by atoms with van der Waals surface area (Å²) in [5, 5.41) is 0. The molecule has 2 N–H and O–H groups in total. The molecule has 0 saturated heterocycles. The van der Waals surface area contributed by atoms with Crippen molar-refractivity contribution in [3.63, 3.8) is 0 Å². The van der Waals surface area contributed by atoms with Gasteiger partial charge in [0.15, 0.2) is 11.5 Å². The van der Waals surface area contributed by atoms with E-state index in [0.717, 1.165) is 17.1 Å². The lowest BCUT2D eigenvalue weighted by molar-refractivity contribution is -0.00000445. The molecule has 3 nitrogen and oxygen atoms in total. The second kappa shape index (κ2) is 6.64. The van der Waals surface area contributed by atoms with Crippen LogP contribution in [0.3, 0.4) is 0 Å². The maximum Gasteiger partial charge on any atom is 0.161 e. The summed E-state index contributed by atoms with van der Waals surface area (Å²) in [5.74, 6) is 1.83. The smallest absolute Gasteiger partial charge is 0.161 e. The minimum atomic E-state index is 0. The molecule has 1 unspecified atom stereocenters. The van der Waals surface area contributed by atoms with Crippen LogP contribution in [-0.4, -0.2) is 19.8 Å². The molecule has 0 aromatic heterocycles. The van der Waals surface area contributed by atoms with Gasteiger partial charge in [-0.05, 0) is 23.3 Å². The number of rotatable bonds is 3. The van der Waals surface area contributed by atoms with E-state index < -0.39 is 0 Å². The zero-order chi connectivity index (χ0) is 13.1. The van der Waals surface area contributed by atoms with Crippen molar-refractivity contribution in [2.75, 3.05) is 19.8 Å². The van der Waals surface area contributed by atoms with Crippen LogP contribution < -0.4 is 27.6 Å². The van der Waals surface area contributed by atoms with Crippen LogP contribution in [0.2, 0.25) is 0 Å². The second-order valence-electron chi connectivity index (χ2n) is 4.60. The number of ether oxygens (including phenoxy) is 2. The van der Waals surface area contributed by atoms with Gasteiger partial charge in [0.2, 0.25) is 0 Å². The Bertz CT molecular complexity index is 560. The molecule has 1 heterocycles. The van der Waals surface area contributed by atoms with Crippen molar-refractivity contribution in [3.05, 3.63) is 59.7 Å². The fraction of sp³-hybridized carbons (Fsp3) is 0.250. The van der Waals surface area contributed by atoms with Gasteiger partial charge >= 0.3 is 0 Å². The molecule has 106 valence electrons. The number of nitrogens with two attached hydrogens (primary N) is 1. The van der Waals surface area contributed by atoms with Gasteiger partial charge in [0.25, 0.3) is 0 Å². The van der Waals surface area contributed by atoms with Crippen molar-refractivity contribution < 1.29 is 21.9 Å². The van der Waals surface area contributed by atoms with Crippen molar-refractivity contribution in [2.24, 2.45) is 5.73 Å². The van der Waals surface area contributed by atoms with E-state index >= 15 is 0 Å². The third kappa shape index (κ3) is 2.89. The quantitative estimate of drug-likeness (QED) is 0.833. The van der Waals surface area contributed by atoms with Crippen LogP contribution in [0.25, 0.3) is 0 Å². The Labute approximate surface area is 125 Å². The predicted molar refractivity (Wildman–Crippen MR) is 74.8 cm³/mol. The van der Waals surface area contributed by atoms with Gasteiger partial charge in [0, 0.05) is 12.5 Å². The predicted octanol–water partition coefficient (Wildman–Crippen LogP) is -0.448. The van der Waals surface area contributed by atoms with E-state index in [4.69, 9.17) is 15.2 Å². The van der Waals surface area contributed by atoms with E-state index in [9.17, 15) is 0 Å². The molecule has 0 amide bonds. The first-order valence-electron chi connectivity index (χ1n) is 6.53. The fourth-order valence-corrected chi connectivity index (χ4v) is 2.43. The molecular formula is C16H17ClNO2-. The van der Waals surface area contributed by atoms with Gasteiger partial charge in [0.1, 0.15) is 13.2 Å². The van der Waals surface area contributed by atoms with Gasteiger partial charge in [0.05, 0.1) is 0 Å². The van der Waals surface area contributed by atoms with E-state index in [1.54, 1.807) is 0 Å². The average Bonchev–Trinajstić information content (AvgIpc) is 2.49. The van der Waals surface area contributed by atoms with Gasteiger partial charge in [-0.25, -0.2) is 0 Å². The molecule has 20 heavy (non-hydrogen) atoms. The van der Waals surface area contributed by atoms with E-state index in [1.807, 2.05) is 30.3 Å². The maximum absolute atomic E-state index is 5.94. The van der Waals surface area contributed by atoms with Gasteiger partial charge in [-0.15, -0.1) is 0 Å². The minimum Gasteiger partial charge on any atom is -1.00 e. The lowest BCUT2D eigenvalue weighted by Gasteiger charge is -2.21. The molecule has 3 rings (SSSR count). The maximum atomic E-state index is 5.94. The summed E-state index contributed by atoms with van der Waals surface area (Å²) in [5.41, 5.74) is 8.33. The SMILES string of the molecule is NCC(c1ccccc1)c1ccc2c(c1)OCCO2.[Cl-]. The number of fused-ring (bicyclic) bond motifs is 1. The highest BCUT2D eigenvalue weighted by Crippen LogP contribution is 2.34. The zero-order valence-corrected chi connectivity index (χ0v) is 11.8. The van der Waals surface area contributed by atoms with E-state index in [-0.39, 0.29) is 18.3 Å². The minimum absolute atomic E-state index is 0. The van der Waals surface area contributed by atoms with Crippen LogP contribution in [0.15, 0.2) is 48.5 Å². The highest BCUT2D eigenvalue weighted by Gasteiger charge is 2.17. The topological polar surface area (TPSA) is 44.5 Å². The standard InChI is InChI=1S/C16H17NO2.ClH/c17-11-14(12-4-2-1-3-5-12)13-6-7-15-16(10-13)19-9-8-18-15;/h1-7,10,14H,8-9,11,17H2;1H/p-1. The molecule has 0 radical (unpaired) electrons. The lowest BCUT2D eigenvalue weighted by Crippen LogP contribution is -3.00. The average molecular weight is 291 g/mol. The van der Waals surface area contributed by atoms with Gasteiger partial charge in [-0.1, -0.05) is 36.4 Å². The van der Waals surface area contributed by atoms with Crippen molar-refractivity contribution in [1.29, 1.82) is 0 Å². The summed E-state index contributed by atoms with van der Waals surface area (Å²) >= 11 is 0. The summed E-state index contributed by atoms with van der Waals surface area (Å²) in [6, 6.07) is 16.4. The normalized spacial score (nSPS) is 14.2. The van der Waals surface area contributed by atoms with Crippen LogP contribution in [0.4, 0.5) is 0 Å². The number of hydrogen-bond donors (Lipinski definition) is 1. The number of halogens is 1. The van der Waals surface area contributed by atoms with Crippen molar-refractivity contribution in [3.8, 4) is 11.5 Å². The molecule has 4 heteroatoms. The summed E-state index contributed by atoms with van der Waals surface area (Å²) in [6.07, 6.45) is 0. The first kappa shape index (κ1) is 14.7. The van der Waals surface area contributed by atoms with E-state index in [1.165, 1.54) is 5.56 Å². The van der Waals surface area contributed by atoms with Crippen LogP contribution in [0.1, 0.15) is 17.0 Å². The molecule has 0 bridgehead atoms. The van der Waals surface area contributed by atoms with Crippen LogP contribution in [0.5, 0.6) is 11.5 Å². The Kier molecular flexibility index (Phi) is 4.88. The molecule has 0 aliphatic carbocycles. The Morgan fingerprint density at radius 2 is 1.60 bits per heavy atom. The van der Waals surface area contributed by atoms with E-state index in [0.29, 0.717) is 19.8 Å². The van der Waals surface area contributed by atoms with Crippen molar-refractivity contribution >= 4 is 0 Å². The Balaban J connectivity index is 0.00000147. The molecule has 1 atom stereocenters. The monoisotopic (exact) mass is 290 g/mol. The first-order chi connectivity index (χ1) is 9.38. The molecule has 2 aromatic rings. The molecule has 0 fully saturated rings. The Morgan fingerprint density at radius 1 is 0.900 bits per heavy atom. The third-order valence-corrected chi connectivity index (χ3v) is 3.41. The number of hydrogen-bond acceptors (Lipinski definition) is 3. The highest BCUT2D eigenvalue weighted by molar-refractivity contribution is 5.46. The largest absolute Gasteiger partial charge is 1.00 e. The van der Waals surface area contributed by atoms with Crippen LogP contribution >= 0.6 is 0 Å². The summed E-state index contributed by atoms with van der Waals surface area (Å²) in [6.45, 7) is 1.80. The first-order valence-corrected chi connectivity index (χ1v) is 6.53. The van der Waals surface area contributed by atoms with Crippen LogP contribution in [-0.2, 0) is 0 Å². The summed E-state index contributed by atoms with van der Waals surface area (Å²) in [7, 11) is 0. The third-order valence-electron chi connectivity index (χ3n) is 3.41. The number of benzene rings is 2. The summed E-state index contributed by atoms with van der Waals surface area (Å²) < 4.78 is 11.2. The van der Waals surface area contributed by atoms with Gasteiger partial charge in [-0.2, -0.15) is 0 Å². The van der Waals surface area contributed by atoms with Gasteiger partial charge in [-0.3, -0.25) is 0 Å². The Hall–Kier alpha value is -1.71.